The summed E-state index contributed by atoms with van der Waals surface area (Å²) in [6, 6.07) is 4.00. The van der Waals surface area contributed by atoms with Crippen LogP contribution in [-0.4, -0.2) is 20.6 Å². The molecule has 0 saturated carbocycles. The Morgan fingerprint density at radius 1 is 1.43 bits per heavy atom. The van der Waals surface area contributed by atoms with Crippen LogP contribution in [-0.2, 0) is 11.3 Å². The SMILES string of the molecule is CCn1c(SC(C)C(C)=O)nc2scc(-c3cccs3)c2c1=O. The first-order valence-electron chi connectivity index (χ1n) is 7.26. The lowest BCUT2D eigenvalue weighted by Crippen LogP contribution is -2.23. The number of thiophene rings is 2. The molecule has 0 aliphatic rings. The van der Waals surface area contributed by atoms with Crippen molar-refractivity contribution in [2.24, 2.45) is 0 Å². The van der Waals surface area contributed by atoms with Crippen LogP contribution in [0.15, 0.2) is 32.8 Å². The largest absolute Gasteiger partial charge is 0.299 e. The maximum absolute atomic E-state index is 12.9. The highest BCUT2D eigenvalue weighted by Crippen LogP contribution is 2.35. The van der Waals surface area contributed by atoms with Gasteiger partial charge in [0.2, 0.25) is 0 Å². The maximum atomic E-state index is 12.9. The summed E-state index contributed by atoms with van der Waals surface area (Å²) in [6.45, 7) is 5.86. The number of Topliss-reactive ketones (excluding diaryl/α,β-unsaturated/α-hetero) is 1. The number of ketones is 1. The van der Waals surface area contributed by atoms with Crippen LogP contribution in [0, 0.1) is 0 Å². The van der Waals surface area contributed by atoms with Crippen LogP contribution in [0.4, 0.5) is 0 Å². The molecule has 0 aliphatic heterocycles. The number of aromatic nitrogens is 2. The zero-order valence-corrected chi connectivity index (χ0v) is 15.5. The van der Waals surface area contributed by atoms with E-state index in [9.17, 15) is 9.59 Å². The number of fused-ring (bicyclic) bond motifs is 1. The van der Waals surface area contributed by atoms with E-state index in [0.29, 0.717) is 17.1 Å². The first-order chi connectivity index (χ1) is 11.0. The van der Waals surface area contributed by atoms with Crippen LogP contribution >= 0.6 is 34.4 Å². The van der Waals surface area contributed by atoms with E-state index < -0.39 is 0 Å². The van der Waals surface area contributed by atoms with Gasteiger partial charge in [0.1, 0.15) is 10.6 Å². The second-order valence-corrected chi connectivity index (χ2v) is 8.24. The van der Waals surface area contributed by atoms with Crippen molar-refractivity contribution in [3.8, 4) is 10.4 Å². The van der Waals surface area contributed by atoms with Gasteiger partial charge in [0, 0.05) is 22.4 Å². The second-order valence-electron chi connectivity index (χ2n) is 5.12. The third kappa shape index (κ3) is 3.00. The molecule has 3 heterocycles. The molecule has 23 heavy (non-hydrogen) atoms. The predicted octanol–water partition coefficient (Wildman–Crippen LogP) is 4.28. The number of carbonyl (C=O) groups is 1. The summed E-state index contributed by atoms with van der Waals surface area (Å²) in [7, 11) is 0. The Labute approximate surface area is 146 Å². The molecule has 0 fully saturated rings. The Morgan fingerprint density at radius 2 is 2.22 bits per heavy atom. The van der Waals surface area contributed by atoms with Gasteiger partial charge in [-0.3, -0.25) is 14.2 Å². The fraction of sp³-hybridized carbons (Fsp3) is 0.312. The average molecular weight is 365 g/mol. The monoisotopic (exact) mass is 364 g/mol. The van der Waals surface area contributed by atoms with E-state index in [4.69, 9.17) is 0 Å². The maximum Gasteiger partial charge on any atom is 0.263 e. The van der Waals surface area contributed by atoms with Crippen molar-refractivity contribution in [2.45, 2.75) is 37.7 Å². The van der Waals surface area contributed by atoms with Crippen molar-refractivity contribution in [3.63, 3.8) is 0 Å². The van der Waals surface area contributed by atoms with E-state index in [1.54, 1.807) is 22.8 Å². The summed E-state index contributed by atoms with van der Waals surface area (Å²) in [5, 5.41) is 5.08. The first-order valence-corrected chi connectivity index (χ1v) is 9.89. The minimum Gasteiger partial charge on any atom is -0.299 e. The molecule has 120 valence electrons. The molecule has 0 radical (unpaired) electrons. The highest BCUT2D eigenvalue weighted by Gasteiger charge is 2.19. The van der Waals surface area contributed by atoms with Gasteiger partial charge >= 0.3 is 0 Å². The Balaban J connectivity index is 2.19. The molecule has 0 spiro atoms. The van der Waals surface area contributed by atoms with Gasteiger partial charge in [-0.15, -0.1) is 22.7 Å². The minimum atomic E-state index is -0.214. The van der Waals surface area contributed by atoms with Crippen LogP contribution in [0.1, 0.15) is 20.8 Å². The third-order valence-electron chi connectivity index (χ3n) is 3.62. The Bertz CT molecular complexity index is 909. The van der Waals surface area contributed by atoms with Gasteiger partial charge in [-0.05, 0) is 32.2 Å². The molecule has 3 aromatic rings. The zero-order valence-electron chi connectivity index (χ0n) is 13.0. The molecule has 4 nitrogen and oxygen atoms in total. The summed E-state index contributed by atoms with van der Waals surface area (Å²) in [5.41, 5.74) is 0.927. The number of rotatable bonds is 5. The summed E-state index contributed by atoms with van der Waals surface area (Å²) in [6.07, 6.45) is 0. The molecule has 7 heteroatoms. The molecule has 0 bridgehead atoms. The van der Waals surface area contributed by atoms with Crippen LogP contribution in [0.3, 0.4) is 0 Å². The van der Waals surface area contributed by atoms with Crippen LogP contribution in [0.2, 0.25) is 0 Å². The fourth-order valence-electron chi connectivity index (χ4n) is 2.23. The lowest BCUT2D eigenvalue weighted by Gasteiger charge is -2.12. The van der Waals surface area contributed by atoms with Crippen molar-refractivity contribution in [1.82, 2.24) is 9.55 Å². The van der Waals surface area contributed by atoms with Crippen LogP contribution < -0.4 is 5.56 Å². The first kappa shape index (κ1) is 16.4. The molecule has 1 atom stereocenters. The lowest BCUT2D eigenvalue weighted by atomic mass is 10.2. The molecule has 0 amide bonds. The van der Waals surface area contributed by atoms with Crippen molar-refractivity contribution in [3.05, 3.63) is 33.2 Å². The Kier molecular flexibility index (Phi) is 4.70. The Hall–Kier alpha value is -1.44. The van der Waals surface area contributed by atoms with Gasteiger partial charge < -0.3 is 0 Å². The number of thioether (sulfide) groups is 1. The fourth-order valence-corrected chi connectivity index (χ4v) is 5.00. The lowest BCUT2D eigenvalue weighted by molar-refractivity contribution is -0.116. The van der Waals surface area contributed by atoms with Gasteiger partial charge in [-0.2, -0.15) is 0 Å². The molecule has 1 unspecified atom stereocenters. The topological polar surface area (TPSA) is 52.0 Å². The molecule has 3 aromatic heterocycles. The summed E-state index contributed by atoms with van der Waals surface area (Å²) in [4.78, 5) is 30.9. The average Bonchev–Trinajstić information content (AvgIpc) is 3.15. The third-order valence-corrected chi connectivity index (χ3v) is 6.60. The van der Waals surface area contributed by atoms with Crippen molar-refractivity contribution in [1.29, 1.82) is 0 Å². The van der Waals surface area contributed by atoms with E-state index in [-0.39, 0.29) is 16.6 Å². The molecule has 3 rings (SSSR count). The summed E-state index contributed by atoms with van der Waals surface area (Å²) >= 11 is 4.45. The Morgan fingerprint density at radius 3 is 2.83 bits per heavy atom. The van der Waals surface area contributed by atoms with Gasteiger partial charge in [0.15, 0.2) is 5.16 Å². The number of hydrogen-bond acceptors (Lipinski definition) is 6. The molecule has 0 saturated heterocycles. The standard InChI is InChI=1S/C16H16N2O2S3/c1-4-18-15(20)13-11(12-6-5-7-21-12)8-22-14(13)17-16(18)23-10(3)9(2)19/h5-8,10H,4H2,1-3H3. The normalized spacial score (nSPS) is 12.7. The zero-order chi connectivity index (χ0) is 16.6. The van der Waals surface area contributed by atoms with E-state index in [1.807, 2.05) is 36.7 Å². The molecule has 0 aliphatic carbocycles. The smallest absolute Gasteiger partial charge is 0.263 e. The predicted molar refractivity (Wildman–Crippen MR) is 98.9 cm³/mol. The van der Waals surface area contributed by atoms with Crippen molar-refractivity contribution >= 4 is 50.4 Å². The van der Waals surface area contributed by atoms with Crippen LogP contribution in [0.5, 0.6) is 0 Å². The second kappa shape index (κ2) is 6.59. The highest BCUT2D eigenvalue weighted by atomic mass is 32.2. The quantitative estimate of drug-likeness (QED) is 0.501. The summed E-state index contributed by atoms with van der Waals surface area (Å²) < 4.78 is 1.66. The van der Waals surface area contributed by atoms with Crippen LogP contribution in [0.25, 0.3) is 20.7 Å². The van der Waals surface area contributed by atoms with Crippen molar-refractivity contribution in [2.75, 3.05) is 0 Å². The number of hydrogen-bond donors (Lipinski definition) is 0. The van der Waals surface area contributed by atoms with Gasteiger partial charge in [-0.25, -0.2) is 4.98 Å². The molecule has 0 aromatic carbocycles. The van der Waals surface area contributed by atoms with E-state index in [2.05, 4.69) is 4.98 Å². The van der Waals surface area contributed by atoms with E-state index in [0.717, 1.165) is 15.3 Å². The van der Waals surface area contributed by atoms with Gasteiger partial charge in [0.05, 0.1) is 10.6 Å². The molecular weight excluding hydrogens is 348 g/mol. The summed E-state index contributed by atoms with van der Waals surface area (Å²) in [5.74, 6) is 0.0810. The van der Waals surface area contributed by atoms with Crippen molar-refractivity contribution < 1.29 is 4.79 Å². The van der Waals surface area contributed by atoms with E-state index >= 15 is 0 Å². The number of nitrogens with zero attached hydrogens (tertiary/aromatic N) is 2. The molecular formula is C16H16N2O2S3. The van der Waals surface area contributed by atoms with Gasteiger partial charge in [0.25, 0.3) is 5.56 Å². The van der Waals surface area contributed by atoms with Gasteiger partial charge in [-0.1, -0.05) is 17.8 Å². The van der Waals surface area contributed by atoms with E-state index in [1.165, 1.54) is 23.1 Å². The minimum absolute atomic E-state index is 0.0274. The molecule has 0 N–H and O–H groups in total. The highest BCUT2D eigenvalue weighted by molar-refractivity contribution is 8.00. The number of carbonyl (C=O) groups excluding carboxylic acids is 1.